The minimum Gasteiger partial charge on any atom is -0.391 e. The summed E-state index contributed by atoms with van der Waals surface area (Å²) in [6.07, 6.45) is 8.53. The molecular formula is C14H25NO2. The maximum absolute atomic E-state index is 9.64. The van der Waals surface area contributed by atoms with Gasteiger partial charge in [0.15, 0.2) is 0 Å². The summed E-state index contributed by atoms with van der Waals surface area (Å²) in [5, 5.41) is 9.64. The van der Waals surface area contributed by atoms with E-state index in [9.17, 15) is 5.11 Å². The van der Waals surface area contributed by atoms with E-state index in [0.717, 1.165) is 38.0 Å². The van der Waals surface area contributed by atoms with Gasteiger partial charge < -0.3 is 9.84 Å². The molecule has 0 bridgehead atoms. The Kier molecular flexibility index (Phi) is 10.9. The molecular weight excluding hydrogens is 214 g/mol. The average Bonchev–Trinajstić information content (AvgIpc) is 2.34. The summed E-state index contributed by atoms with van der Waals surface area (Å²) in [5.74, 6) is 0. The summed E-state index contributed by atoms with van der Waals surface area (Å²) < 4.78 is 5.29. The number of ether oxygens (including phenoxy) is 1. The third kappa shape index (κ3) is 9.97. The van der Waals surface area contributed by atoms with Crippen molar-refractivity contribution in [2.24, 2.45) is 4.99 Å². The van der Waals surface area contributed by atoms with Gasteiger partial charge in [-0.05, 0) is 32.6 Å². The van der Waals surface area contributed by atoms with E-state index in [1.165, 1.54) is 0 Å². The molecule has 0 aliphatic rings. The first-order chi connectivity index (χ1) is 8.24. The molecule has 0 aliphatic heterocycles. The van der Waals surface area contributed by atoms with Gasteiger partial charge >= 0.3 is 0 Å². The van der Waals surface area contributed by atoms with Crippen molar-refractivity contribution in [1.29, 1.82) is 0 Å². The van der Waals surface area contributed by atoms with E-state index in [1.807, 2.05) is 13.0 Å². The topological polar surface area (TPSA) is 41.8 Å². The Hall–Kier alpha value is -0.930. The van der Waals surface area contributed by atoms with Gasteiger partial charge in [0.05, 0.1) is 12.7 Å². The highest BCUT2D eigenvalue weighted by atomic mass is 16.5. The van der Waals surface area contributed by atoms with E-state index in [1.54, 1.807) is 12.3 Å². The highest BCUT2D eigenvalue weighted by Gasteiger charge is 2.04. The van der Waals surface area contributed by atoms with Crippen LogP contribution in [0.4, 0.5) is 0 Å². The van der Waals surface area contributed by atoms with E-state index >= 15 is 0 Å². The van der Waals surface area contributed by atoms with Crippen molar-refractivity contribution < 1.29 is 9.84 Å². The molecule has 0 saturated carbocycles. The van der Waals surface area contributed by atoms with Crippen molar-refractivity contribution in [3.63, 3.8) is 0 Å². The minimum absolute atomic E-state index is 0.358. The predicted molar refractivity (Wildman–Crippen MR) is 73.4 cm³/mol. The second-order valence-electron chi connectivity index (χ2n) is 3.91. The van der Waals surface area contributed by atoms with Gasteiger partial charge in [0.2, 0.25) is 0 Å². The molecule has 0 aliphatic carbocycles. The summed E-state index contributed by atoms with van der Waals surface area (Å²) in [6.45, 7) is 8.77. The Morgan fingerprint density at radius 1 is 1.53 bits per heavy atom. The maximum Gasteiger partial charge on any atom is 0.0773 e. The molecule has 0 amide bonds. The SMILES string of the molecule is C=C/C=N\C(=C/C)CCCC(O)COCCC. The smallest absolute Gasteiger partial charge is 0.0773 e. The number of allylic oxidation sites excluding steroid dienone is 3. The lowest BCUT2D eigenvalue weighted by Gasteiger charge is -2.10. The number of nitrogens with zero attached hydrogens (tertiary/aromatic N) is 1. The van der Waals surface area contributed by atoms with Gasteiger partial charge in [0.1, 0.15) is 0 Å². The fourth-order valence-corrected chi connectivity index (χ4v) is 1.40. The third-order valence-electron chi connectivity index (χ3n) is 2.31. The molecule has 1 atom stereocenters. The van der Waals surface area contributed by atoms with Crippen molar-refractivity contribution in [2.45, 2.75) is 45.6 Å². The molecule has 0 aromatic heterocycles. The predicted octanol–water partition coefficient (Wildman–Crippen LogP) is 3.10. The molecule has 3 heteroatoms. The standard InChI is InChI=1S/C14H25NO2/c1-4-10-15-13(6-3)8-7-9-14(16)12-17-11-5-2/h4,6,10,14,16H,1,5,7-9,11-12H2,2-3H3/b13-6-,15-10-. The Morgan fingerprint density at radius 3 is 2.88 bits per heavy atom. The summed E-state index contributed by atoms with van der Waals surface area (Å²) >= 11 is 0. The van der Waals surface area contributed by atoms with Crippen LogP contribution in [0.1, 0.15) is 39.5 Å². The van der Waals surface area contributed by atoms with Crippen LogP contribution in [-0.4, -0.2) is 30.6 Å². The van der Waals surface area contributed by atoms with Crippen LogP contribution in [0.15, 0.2) is 29.4 Å². The van der Waals surface area contributed by atoms with Crippen LogP contribution in [0.3, 0.4) is 0 Å². The normalized spacial score (nSPS) is 14.2. The van der Waals surface area contributed by atoms with Crippen LogP contribution in [0.25, 0.3) is 0 Å². The number of aliphatic imine (C=N–C) groups is 1. The molecule has 0 rings (SSSR count). The molecule has 1 unspecified atom stereocenters. The largest absolute Gasteiger partial charge is 0.391 e. The zero-order valence-electron chi connectivity index (χ0n) is 11.1. The molecule has 0 saturated heterocycles. The molecule has 98 valence electrons. The number of aliphatic hydroxyl groups is 1. The van der Waals surface area contributed by atoms with Crippen molar-refractivity contribution in [3.05, 3.63) is 24.4 Å². The van der Waals surface area contributed by atoms with Gasteiger partial charge in [0.25, 0.3) is 0 Å². The first kappa shape index (κ1) is 16.1. The van der Waals surface area contributed by atoms with E-state index in [2.05, 4.69) is 18.5 Å². The van der Waals surface area contributed by atoms with Gasteiger partial charge in [-0.25, -0.2) is 0 Å². The zero-order chi connectivity index (χ0) is 12.9. The summed E-state index contributed by atoms with van der Waals surface area (Å²) in [6, 6.07) is 0. The molecule has 0 radical (unpaired) electrons. The second kappa shape index (κ2) is 11.6. The summed E-state index contributed by atoms with van der Waals surface area (Å²) in [4.78, 5) is 4.24. The Bertz CT molecular complexity index is 247. The lowest BCUT2D eigenvalue weighted by Crippen LogP contribution is -2.15. The number of rotatable bonds is 10. The van der Waals surface area contributed by atoms with E-state index in [-0.39, 0.29) is 6.10 Å². The number of hydrogen-bond acceptors (Lipinski definition) is 3. The highest BCUT2D eigenvalue weighted by molar-refractivity contribution is 5.71. The number of aliphatic hydroxyl groups excluding tert-OH is 1. The molecule has 0 heterocycles. The van der Waals surface area contributed by atoms with Crippen molar-refractivity contribution in [3.8, 4) is 0 Å². The van der Waals surface area contributed by atoms with Crippen molar-refractivity contribution >= 4 is 6.21 Å². The zero-order valence-corrected chi connectivity index (χ0v) is 11.1. The first-order valence-electron chi connectivity index (χ1n) is 6.30. The summed E-state index contributed by atoms with van der Waals surface area (Å²) in [5.41, 5.74) is 1.03. The fourth-order valence-electron chi connectivity index (χ4n) is 1.40. The molecule has 1 N–H and O–H groups in total. The highest BCUT2D eigenvalue weighted by Crippen LogP contribution is 2.10. The van der Waals surface area contributed by atoms with Crippen molar-refractivity contribution in [2.75, 3.05) is 13.2 Å². The van der Waals surface area contributed by atoms with Crippen LogP contribution in [-0.2, 0) is 4.74 Å². The molecule has 0 spiro atoms. The Morgan fingerprint density at radius 2 is 2.29 bits per heavy atom. The van der Waals surface area contributed by atoms with Crippen LogP contribution < -0.4 is 0 Å². The van der Waals surface area contributed by atoms with E-state index in [0.29, 0.717) is 6.61 Å². The monoisotopic (exact) mass is 239 g/mol. The van der Waals surface area contributed by atoms with Crippen LogP contribution in [0, 0.1) is 0 Å². The quantitative estimate of drug-likeness (QED) is 0.470. The average molecular weight is 239 g/mol. The third-order valence-corrected chi connectivity index (χ3v) is 2.31. The minimum atomic E-state index is -0.358. The van der Waals surface area contributed by atoms with Crippen LogP contribution >= 0.6 is 0 Å². The van der Waals surface area contributed by atoms with Gasteiger partial charge in [-0.15, -0.1) is 0 Å². The molecule has 0 aromatic carbocycles. The van der Waals surface area contributed by atoms with Crippen LogP contribution in [0.5, 0.6) is 0 Å². The molecule has 0 fully saturated rings. The van der Waals surface area contributed by atoms with Gasteiger partial charge in [-0.1, -0.05) is 25.7 Å². The second-order valence-corrected chi connectivity index (χ2v) is 3.91. The Labute approximate surface area is 105 Å². The summed E-state index contributed by atoms with van der Waals surface area (Å²) in [7, 11) is 0. The molecule has 0 aromatic rings. The Balaban J connectivity index is 3.66. The lowest BCUT2D eigenvalue weighted by molar-refractivity contribution is 0.0319. The van der Waals surface area contributed by atoms with E-state index < -0.39 is 0 Å². The van der Waals surface area contributed by atoms with Gasteiger partial charge in [0, 0.05) is 18.5 Å². The maximum atomic E-state index is 9.64. The molecule has 3 nitrogen and oxygen atoms in total. The lowest BCUT2D eigenvalue weighted by atomic mass is 10.1. The van der Waals surface area contributed by atoms with E-state index in [4.69, 9.17) is 4.74 Å². The van der Waals surface area contributed by atoms with Crippen molar-refractivity contribution in [1.82, 2.24) is 0 Å². The van der Waals surface area contributed by atoms with Gasteiger partial charge in [-0.3, -0.25) is 4.99 Å². The first-order valence-corrected chi connectivity index (χ1v) is 6.30. The fraction of sp³-hybridized carbons (Fsp3) is 0.643. The number of hydrogen-bond donors (Lipinski definition) is 1. The van der Waals surface area contributed by atoms with Crippen LogP contribution in [0.2, 0.25) is 0 Å². The van der Waals surface area contributed by atoms with Gasteiger partial charge in [-0.2, -0.15) is 0 Å². The molecule has 17 heavy (non-hydrogen) atoms.